The molecular formula is C13H16N2O2. The summed E-state index contributed by atoms with van der Waals surface area (Å²) < 4.78 is 1.87. The van der Waals surface area contributed by atoms with Crippen molar-refractivity contribution in [2.75, 3.05) is 0 Å². The summed E-state index contributed by atoms with van der Waals surface area (Å²) in [5.41, 5.74) is 2.89. The highest BCUT2D eigenvalue weighted by Gasteiger charge is 2.13. The number of rotatable bonds is 3. The molecule has 1 aromatic carbocycles. The number of fused-ring (bicyclic) bond motifs is 1. The Labute approximate surface area is 99.9 Å². The minimum atomic E-state index is -0.806. The number of aliphatic carboxylic acids is 1. The summed E-state index contributed by atoms with van der Waals surface area (Å²) >= 11 is 0. The van der Waals surface area contributed by atoms with E-state index in [1.807, 2.05) is 29.9 Å². The molecule has 2 aromatic rings. The number of aryl methyl sites for hydroxylation is 1. The molecule has 4 heteroatoms. The minimum absolute atomic E-state index is 0.0579. The molecule has 90 valence electrons. The Balaban J connectivity index is 2.58. The maximum absolute atomic E-state index is 10.7. The first-order valence-corrected chi connectivity index (χ1v) is 5.66. The summed E-state index contributed by atoms with van der Waals surface area (Å²) in [6, 6.07) is 5.65. The molecule has 1 aromatic heterocycles. The Hall–Kier alpha value is -1.84. The fraction of sp³-hybridized carbons (Fsp3) is 0.385. The van der Waals surface area contributed by atoms with Crippen LogP contribution in [0.15, 0.2) is 18.2 Å². The lowest BCUT2D eigenvalue weighted by molar-refractivity contribution is -0.136. The highest BCUT2D eigenvalue weighted by molar-refractivity contribution is 5.84. The van der Waals surface area contributed by atoms with Gasteiger partial charge in [0.2, 0.25) is 0 Å². The maximum Gasteiger partial charge on any atom is 0.307 e. The van der Waals surface area contributed by atoms with Crippen LogP contribution in [0, 0.1) is 0 Å². The van der Waals surface area contributed by atoms with E-state index in [1.54, 1.807) is 0 Å². The number of carbonyl (C=O) groups is 1. The molecule has 0 radical (unpaired) electrons. The van der Waals surface area contributed by atoms with E-state index in [2.05, 4.69) is 18.9 Å². The number of aromatic nitrogens is 2. The van der Waals surface area contributed by atoms with Crippen molar-refractivity contribution in [1.29, 1.82) is 0 Å². The van der Waals surface area contributed by atoms with E-state index in [0.29, 0.717) is 5.92 Å². The predicted molar refractivity (Wildman–Crippen MR) is 66.1 cm³/mol. The molecule has 0 aliphatic carbocycles. The Kier molecular flexibility index (Phi) is 2.88. The molecule has 0 fully saturated rings. The fourth-order valence-corrected chi connectivity index (χ4v) is 2.23. The average Bonchev–Trinajstić information content (AvgIpc) is 2.52. The van der Waals surface area contributed by atoms with Crippen LogP contribution in [0.1, 0.15) is 31.0 Å². The first kappa shape index (κ1) is 11.6. The molecule has 0 bridgehead atoms. The van der Waals surface area contributed by atoms with Gasteiger partial charge in [0.1, 0.15) is 0 Å². The van der Waals surface area contributed by atoms with Crippen molar-refractivity contribution in [2.45, 2.75) is 26.2 Å². The van der Waals surface area contributed by atoms with Crippen molar-refractivity contribution in [3.63, 3.8) is 0 Å². The van der Waals surface area contributed by atoms with Gasteiger partial charge in [0.15, 0.2) is 0 Å². The van der Waals surface area contributed by atoms with Crippen LogP contribution < -0.4 is 0 Å². The summed E-state index contributed by atoms with van der Waals surface area (Å²) in [5, 5.41) is 14.3. The summed E-state index contributed by atoms with van der Waals surface area (Å²) in [5.74, 6) is -0.440. The molecule has 0 spiro atoms. The highest BCUT2D eigenvalue weighted by Crippen LogP contribution is 2.25. The molecule has 0 aliphatic rings. The van der Waals surface area contributed by atoms with Gasteiger partial charge in [-0.3, -0.25) is 9.48 Å². The molecule has 0 saturated heterocycles. The third-order valence-electron chi connectivity index (χ3n) is 2.85. The summed E-state index contributed by atoms with van der Waals surface area (Å²) in [7, 11) is 1.92. The number of nitrogens with zero attached hydrogens (tertiary/aromatic N) is 2. The molecule has 0 saturated carbocycles. The standard InChI is InChI=1S/C13H16N2O2/c1-8(2)13-10-6-9(7-12(16)17)4-5-11(10)14-15(13)3/h4-6,8H,7H2,1-3H3,(H,16,17). The van der Waals surface area contributed by atoms with Gasteiger partial charge >= 0.3 is 5.97 Å². The molecular weight excluding hydrogens is 216 g/mol. The smallest absolute Gasteiger partial charge is 0.307 e. The number of hydrogen-bond donors (Lipinski definition) is 1. The molecule has 0 atom stereocenters. The normalized spacial score (nSPS) is 11.3. The third-order valence-corrected chi connectivity index (χ3v) is 2.85. The van der Waals surface area contributed by atoms with Crippen LogP contribution in [0.3, 0.4) is 0 Å². The van der Waals surface area contributed by atoms with Crippen molar-refractivity contribution in [1.82, 2.24) is 9.78 Å². The minimum Gasteiger partial charge on any atom is -0.481 e. The van der Waals surface area contributed by atoms with E-state index < -0.39 is 5.97 Å². The van der Waals surface area contributed by atoms with Gasteiger partial charge in [0.25, 0.3) is 0 Å². The zero-order chi connectivity index (χ0) is 12.6. The fourth-order valence-electron chi connectivity index (χ4n) is 2.23. The lowest BCUT2D eigenvalue weighted by Gasteiger charge is -2.06. The topological polar surface area (TPSA) is 55.1 Å². The second kappa shape index (κ2) is 4.20. The van der Waals surface area contributed by atoms with Gasteiger partial charge in [-0.05, 0) is 23.6 Å². The van der Waals surface area contributed by atoms with Crippen molar-refractivity contribution in [3.8, 4) is 0 Å². The molecule has 0 amide bonds. The van der Waals surface area contributed by atoms with Crippen LogP contribution in [0.4, 0.5) is 0 Å². The van der Waals surface area contributed by atoms with Crippen LogP contribution in [0.25, 0.3) is 10.9 Å². The Morgan fingerprint density at radius 1 is 1.47 bits per heavy atom. The van der Waals surface area contributed by atoms with Crippen LogP contribution in [-0.4, -0.2) is 20.9 Å². The Bertz CT molecular complexity index is 570. The van der Waals surface area contributed by atoms with Crippen molar-refractivity contribution in [3.05, 3.63) is 29.5 Å². The van der Waals surface area contributed by atoms with E-state index in [4.69, 9.17) is 5.11 Å². The van der Waals surface area contributed by atoms with Gasteiger partial charge in [0.05, 0.1) is 11.9 Å². The first-order chi connectivity index (χ1) is 7.99. The first-order valence-electron chi connectivity index (χ1n) is 5.66. The van der Waals surface area contributed by atoms with Gasteiger partial charge in [-0.1, -0.05) is 19.9 Å². The average molecular weight is 232 g/mol. The van der Waals surface area contributed by atoms with E-state index >= 15 is 0 Å². The van der Waals surface area contributed by atoms with Crippen molar-refractivity contribution >= 4 is 16.9 Å². The molecule has 0 unspecified atom stereocenters. The molecule has 17 heavy (non-hydrogen) atoms. The van der Waals surface area contributed by atoms with Gasteiger partial charge in [-0.15, -0.1) is 0 Å². The van der Waals surface area contributed by atoms with Crippen LogP contribution in [0.5, 0.6) is 0 Å². The van der Waals surface area contributed by atoms with Crippen molar-refractivity contribution < 1.29 is 9.90 Å². The SMILES string of the molecule is CC(C)c1c2cc(CC(=O)O)ccc2nn1C. The number of carboxylic acid groups (broad SMARTS) is 1. The number of benzene rings is 1. The molecule has 2 rings (SSSR count). The maximum atomic E-state index is 10.7. The van der Waals surface area contributed by atoms with Gasteiger partial charge in [-0.2, -0.15) is 5.10 Å². The summed E-state index contributed by atoms with van der Waals surface area (Å²) in [4.78, 5) is 10.7. The zero-order valence-corrected chi connectivity index (χ0v) is 10.3. The highest BCUT2D eigenvalue weighted by atomic mass is 16.4. The lowest BCUT2D eigenvalue weighted by atomic mass is 10.0. The van der Waals surface area contributed by atoms with E-state index in [1.165, 1.54) is 0 Å². The number of carboxylic acids is 1. The van der Waals surface area contributed by atoms with E-state index in [9.17, 15) is 4.79 Å². The zero-order valence-electron chi connectivity index (χ0n) is 10.3. The molecule has 1 heterocycles. The van der Waals surface area contributed by atoms with Crippen LogP contribution in [-0.2, 0) is 18.3 Å². The Morgan fingerprint density at radius 2 is 2.18 bits per heavy atom. The number of hydrogen-bond acceptors (Lipinski definition) is 2. The van der Waals surface area contributed by atoms with E-state index in [0.717, 1.165) is 22.2 Å². The second-order valence-corrected chi connectivity index (χ2v) is 4.59. The van der Waals surface area contributed by atoms with Gasteiger partial charge < -0.3 is 5.11 Å². The Morgan fingerprint density at radius 3 is 2.76 bits per heavy atom. The molecule has 1 N–H and O–H groups in total. The third kappa shape index (κ3) is 2.16. The van der Waals surface area contributed by atoms with Crippen LogP contribution >= 0.6 is 0 Å². The van der Waals surface area contributed by atoms with E-state index in [-0.39, 0.29) is 6.42 Å². The quantitative estimate of drug-likeness (QED) is 0.883. The van der Waals surface area contributed by atoms with Crippen molar-refractivity contribution in [2.24, 2.45) is 7.05 Å². The monoisotopic (exact) mass is 232 g/mol. The predicted octanol–water partition coefficient (Wildman–Crippen LogP) is 2.32. The largest absolute Gasteiger partial charge is 0.481 e. The lowest BCUT2D eigenvalue weighted by Crippen LogP contribution is -2.01. The second-order valence-electron chi connectivity index (χ2n) is 4.59. The molecule has 0 aliphatic heterocycles. The summed E-state index contributed by atoms with van der Waals surface area (Å²) in [6.45, 7) is 4.22. The van der Waals surface area contributed by atoms with Gasteiger partial charge in [-0.25, -0.2) is 0 Å². The van der Waals surface area contributed by atoms with Gasteiger partial charge in [0, 0.05) is 18.1 Å². The summed E-state index contributed by atoms with van der Waals surface area (Å²) in [6.07, 6.45) is 0.0579. The van der Waals surface area contributed by atoms with Crippen LogP contribution in [0.2, 0.25) is 0 Å². The molecule has 4 nitrogen and oxygen atoms in total.